The summed E-state index contributed by atoms with van der Waals surface area (Å²) in [4.78, 5) is 12.8. The van der Waals surface area contributed by atoms with Gasteiger partial charge in [0, 0.05) is 6.54 Å². The van der Waals surface area contributed by atoms with Crippen molar-refractivity contribution in [3.05, 3.63) is 48.3 Å². The van der Waals surface area contributed by atoms with Crippen LogP contribution in [-0.2, 0) is 17.8 Å². The van der Waals surface area contributed by atoms with E-state index in [0.717, 1.165) is 5.56 Å². The monoisotopic (exact) mass is 359 g/mol. The van der Waals surface area contributed by atoms with Crippen molar-refractivity contribution in [2.45, 2.75) is 31.4 Å². The number of anilines is 1. The minimum Gasteiger partial charge on any atom is -0.388 e. The molecule has 1 fully saturated rings. The summed E-state index contributed by atoms with van der Waals surface area (Å²) in [5.41, 5.74) is 1.93. The van der Waals surface area contributed by atoms with Crippen molar-refractivity contribution in [2.24, 2.45) is 0 Å². The molecule has 0 saturated carbocycles. The highest BCUT2D eigenvalue weighted by atomic mass is 19.1. The van der Waals surface area contributed by atoms with Gasteiger partial charge in [0.05, 0.1) is 19.5 Å². The lowest BCUT2D eigenvalue weighted by atomic mass is 10.1. The number of benzene rings is 1. The van der Waals surface area contributed by atoms with Gasteiger partial charge >= 0.3 is 0 Å². The average Bonchev–Trinajstić information content (AvgIpc) is 3.19. The summed E-state index contributed by atoms with van der Waals surface area (Å²) < 4.78 is 20.4. The van der Waals surface area contributed by atoms with Crippen molar-refractivity contribution in [2.75, 3.05) is 11.9 Å². The topological polar surface area (TPSA) is 105 Å². The number of fused-ring (bicyclic) bond motifs is 1. The highest BCUT2D eigenvalue weighted by Crippen LogP contribution is 2.21. The van der Waals surface area contributed by atoms with E-state index in [-0.39, 0.29) is 12.4 Å². The third-order valence-corrected chi connectivity index (χ3v) is 4.38. The molecule has 3 heterocycles. The maximum Gasteiger partial charge on any atom is 0.165 e. The van der Waals surface area contributed by atoms with Crippen LogP contribution >= 0.6 is 0 Å². The maximum atomic E-state index is 13.3. The zero-order valence-electron chi connectivity index (χ0n) is 13.8. The lowest BCUT2D eigenvalue weighted by Gasteiger charge is -2.15. The molecule has 1 aliphatic rings. The van der Waals surface area contributed by atoms with Crippen molar-refractivity contribution in [1.82, 2.24) is 19.5 Å². The Labute approximate surface area is 148 Å². The molecule has 26 heavy (non-hydrogen) atoms. The van der Waals surface area contributed by atoms with E-state index in [0.29, 0.717) is 30.1 Å². The van der Waals surface area contributed by atoms with E-state index in [2.05, 4.69) is 20.3 Å². The molecule has 1 saturated heterocycles. The lowest BCUT2D eigenvalue weighted by Crippen LogP contribution is -2.32. The molecule has 3 atom stereocenters. The highest BCUT2D eigenvalue weighted by molar-refractivity contribution is 5.82. The summed E-state index contributed by atoms with van der Waals surface area (Å²) in [6.45, 7) is 0.816. The van der Waals surface area contributed by atoms with Crippen molar-refractivity contribution in [3.8, 4) is 0 Å². The molecule has 0 bridgehead atoms. The Morgan fingerprint density at radius 1 is 1.27 bits per heavy atom. The van der Waals surface area contributed by atoms with E-state index >= 15 is 0 Å². The first-order valence-electron chi connectivity index (χ1n) is 8.23. The van der Waals surface area contributed by atoms with Crippen molar-refractivity contribution in [3.63, 3.8) is 0 Å². The van der Waals surface area contributed by atoms with E-state index in [1.807, 2.05) is 6.07 Å². The van der Waals surface area contributed by atoms with Gasteiger partial charge in [-0.1, -0.05) is 12.1 Å². The first-order chi connectivity index (χ1) is 12.6. The largest absolute Gasteiger partial charge is 0.388 e. The molecule has 0 spiro atoms. The van der Waals surface area contributed by atoms with Crippen LogP contribution in [0.3, 0.4) is 0 Å². The normalized spacial score (nSPS) is 22.8. The number of imidazole rings is 1. The molecule has 9 heteroatoms. The van der Waals surface area contributed by atoms with Gasteiger partial charge in [-0.05, 0) is 17.7 Å². The third-order valence-electron chi connectivity index (χ3n) is 4.38. The molecule has 0 amide bonds. The zero-order valence-corrected chi connectivity index (χ0v) is 13.8. The summed E-state index contributed by atoms with van der Waals surface area (Å²) in [6.07, 6.45) is 0.650. The fourth-order valence-electron chi connectivity index (χ4n) is 3.00. The van der Waals surface area contributed by atoms with Gasteiger partial charge in [-0.3, -0.25) is 0 Å². The average molecular weight is 359 g/mol. The standard InChI is InChI=1S/C17H18FN5O3/c18-11-3-1-2-10(4-11)5-19-16-14-17(21-8-20-16)23(9-22-14)6-13-15(25)12(24)7-26-13/h1-4,8-9,12-13,15,24-25H,5-7H2,(H,19,20,21)/t12-,13+,15-/m0/s1. The molecule has 0 aliphatic carbocycles. The quantitative estimate of drug-likeness (QED) is 0.616. The number of hydrogen-bond acceptors (Lipinski definition) is 7. The minimum atomic E-state index is -0.945. The number of nitrogens with one attached hydrogen (secondary N) is 1. The summed E-state index contributed by atoms with van der Waals surface area (Å²) in [6, 6.07) is 6.31. The summed E-state index contributed by atoms with van der Waals surface area (Å²) in [5, 5.41) is 22.7. The first-order valence-corrected chi connectivity index (χ1v) is 8.23. The molecule has 8 nitrogen and oxygen atoms in total. The molecule has 1 aromatic carbocycles. The van der Waals surface area contributed by atoms with E-state index in [9.17, 15) is 14.6 Å². The molecular formula is C17H18FN5O3. The smallest absolute Gasteiger partial charge is 0.165 e. The van der Waals surface area contributed by atoms with E-state index in [1.54, 1.807) is 17.0 Å². The highest BCUT2D eigenvalue weighted by Gasteiger charge is 2.35. The predicted octanol–water partition coefficient (Wildman–Crippen LogP) is 0.698. The fraction of sp³-hybridized carbons (Fsp3) is 0.353. The summed E-state index contributed by atoms with van der Waals surface area (Å²) in [5.74, 6) is 0.240. The Bertz CT molecular complexity index is 918. The van der Waals surface area contributed by atoms with Crippen LogP contribution in [0.5, 0.6) is 0 Å². The first kappa shape index (κ1) is 16.8. The molecule has 1 aliphatic heterocycles. The van der Waals surface area contributed by atoms with Gasteiger partial charge in [0.2, 0.25) is 0 Å². The van der Waals surface area contributed by atoms with Gasteiger partial charge in [0.1, 0.15) is 36.0 Å². The Kier molecular flexibility index (Phi) is 4.49. The number of aliphatic hydroxyl groups excluding tert-OH is 2. The second kappa shape index (κ2) is 6.94. The second-order valence-corrected chi connectivity index (χ2v) is 6.20. The van der Waals surface area contributed by atoms with Crippen LogP contribution < -0.4 is 5.32 Å². The third kappa shape index (κ3) is 3.24. The SMILES string of the molecule is O[C@H]1[C@@H](O)CO[C@@H]1Cn1cnc2c(NCc3cccc(F)c3)ncnc21. The van der Waals surface area contributed by atoms with Crippen LogP contribution in [0.15, 0.2) is 36.9 Å². The number of nitrogens with zero attached hydrogens (tertiary/aromatic N) is 4. The van der Waals surface area contributed by atoms with Crippen LogP contribution in [0.25, 0.3) is 11.2 Å². The number of hydrogen-bond donors (Lipinski definition) is 3. The molecule has 0 radical (unpaired) electrons. The predicted molar refractivity (Wildman–Crippen MR) is 90.8 cm³/mol. The lowest BCUT2D eigenvalue weighted by molar-refractivity contribution is 0.0157. The molecule has 2 aromatic heterocycles. The molecule has 4 rings (SSSR count). The van der Waals surface area contributed by atoms with E-state index < -0.39 is 18.3 Å². The van der Waals surface area contributed by atoms with Crippen molar-refractivity contribution in [1.29, 1.82) is 0 Å². The Hall–Kier alpha value is -2.62. The van der Waals surface area contributed by atoms with Crippen LogP contribution in [0, 0.1) is 5.82 Å². The number of rotatable bonds is 5. The van der Waals surface area contributed by atoms with Crippen LogP contribution in [0.2, 0.25) is 0 Å². The minimum absolute atomic E-state index is 0.105. The van der Waals surface area contributed by atoms with Gasteiger partial charge in [0.15, 0.2) is 11.5 Å². The Balaban J connectivity index is 1.53. The van der Waals surface area contributed by atoms with Crippen LogP contribution in [-0.4, -0.2) is 54.7 Å². The summed E-state index contributed by atoms with van der Waals surface area (Å²) >= 11 is 0. The van der Waals surface area contributed by atoms with E-state index in [1.165, 1.54) is 18.5 Å². The Morgan fingerprint density at radius 2 is 2.15 bits per heavy atom. The second-order valence-electron chi connectivity index (χ2n) is 6.20. The van der Waals surface area contributed by atoms with E-state index in [4.69, 9.17) is 4.74 Å². The van der Waals surface area contributed by atoms with Crippen molar-refractivity contribution < 1.29 is 19.3 Å². The van der Waals surface area contributed by atoms with Crippen molar-refractivity contribution >= 4 is 17.0 Å². The van der Waals surface area contributed by atoms with Gasteiger partial charge in [0.25, 0.3) is 0 Å². The number of ether oxygens (including phenoxy) is 1. The Morgan fingerprint density at radius 3 is 2.92 bits per heavy atom. The van der Waals surface area contributed by atoms with Gasteiger partial charge in [-0.2, -0.15) is 0 Å². The molecule has 3 aromatic rings. The molecule has 136 valence electrons. The zero-order chi connectivity index (χ0) is 18.1. The summed E-state index contributed by atoms with van der Waals surface area (Å²) in [7, 11) is 0. The van der Waals surface area contributed by atoms with Gasteiger partial charge in [-0.15, -0.1) is 0 Å². The number of aromatic nitrogens is 4. The number of halogens is 1. The van der Waals surface area contributed by atoms with Gasteiger partial charge < -0.3 is 24.8 Å². The molecular weight excluding hydrogens is 341 g/mol. The van der Waals surface area contributed by atoms with Gasteiger partial charge in [-0.25, -0.2) is 19.3 Å². The molecule has 3 N–H and O–H groups in total. The number of aliphatic hydroxyl groups is 2. The van der Waals surface area contributed by atoms with Crippen LogP contribution in [0.1, 0.15) is 5.56 Å². The molecule has 0 unspecified atom stereocenters. The van der Waals surface area contributed by atoms with Crippen LogP contribution in [0.4, 0.5) is 10.2 Å². The fourth-order valence-corrected chi connectivity index (χ4v) is 3.00. The maximum absolute atomic E-state index is 13.3.